The fraction of sp³-hybridized carbons (Fsp3) is 0.810. The maximum absolute atomic E-state index is 13.7. The molecule has 29 heavy (non-hydrogen) atoms. The fourth-order valence-corrected chi connectivity index (χ4v) is 7.16. The zero-order valence-corrected chi connectivity index (χ0v) is 17.3. The third-order valence-corrected chi connectivity index (χ3v) is 8.55. The summed E-state index contributed by atoms with van der Waals surface area (Å²) in [5.74, 6) is -4.08. The molecule has 3 N–H and O–H groups in total. The predicted molar refractivity (Wildman–Crippen MR) is 97.7 cm³/mol. The zero-order chi connectivity index (χ0) is 21.3. The van der Waals surface area contributed by atoms with Crippen LogP contribution in [0.4, 0.5) is 0 Å². The number of fused-ring (bicyclic) bond motifs is 1. The number of aliphatic hydroxyl groups is 3. The third kappa shape index (κ3) is 1.78. The number of methoxy groups -OCH3 is 1. The quantitative estimate of drug-likeness (QED) is 0.541. The van der Waals surface area contributed by atoms with Crippen LogP contribution in [0.25, 0.3) is 0 Å². The van der Waals surface area contributed by atoms with Crippen molar-refractivity contribution >= 4 is 11.8 Å². The van der Waals surface area contributed by atoms with Crippen molar-refractivity contribution < 1.29 is 39.1 Å². The second kappa shape index (κ2) is 5.22. The number of allylic oxidation sites excluding steroid dienone is 1. The first-order valence-corrected chi connectivity index (χ1v) is 10.2. The molecule has 0 aromatic heterocycles. The summed E-state index contributed by atoms with van der Waals surface area (Å²) in [6, 6.07) is 0. The lowest BCUT2D eigenvalue weighted by atomic mass is 9.55. The van der Waals surface area contributed by atoms with E-state index in [1.54, 1.807) is 13.8 Å². The first-order chi connectivity index (χ1) is 13.4. The van der Waals surface area contributed by atoms with Gasteiger partial charge >= 0.3 is 5.97 Å². The molecule has 0 aromatic carbocycles. The maximum atomic E-state index is 13.7. The molecule has 3 heterocycles. The van der Waals surface area contributed by atoms with Gasteiger partial charge in [0.15, 0.2) is 17.0 Å². The molecule has 10 atom stereocenters. The SMILES string of the molecule is CO[C@H]1[C@H]2[C@H](O)[C@@]3(C)O[C@@]45/C(=C(/O)[C@@H](C)C[C@](C)(O)C(=O)[C@H]14)C(=O)O[C@@]25C[C@H]3C. The molecule has 0 aromatic rings. The number of esters is 1. The number of rotatable bonds is 1. The van der Waals surface area contributed by atoms with Crippen LogP contribution in [0.5, 0.6) is 0 Å². The second-order valence-corrected chi connectivity index (χ2v) is 10.1. The summed E-state index contributed by atoms with van der Waals surface area (Å²) in [6.07, 6.45) is -1.55. The minimum atomic E-state index is -1.76. The molecular weight excluding hydrogens is 380 g/mol. The summed E-state index contributed by atoms with van der Waals surface area (Å²) >= 11 is 0. The summed E-state index contributed by atoms with van der Waals surface area (Å²) in [5.41, 5.74) is -5.81. The van der Waals surface area contributed by atoms with Crippen molar-refractivity contribution in [2.45, 2.75) is 75.1 Å². The molecule has 4 bridgehead atoms. The molecule has 0 radical (unpaired) electrons. The lowest BCUT2D eigenvalue weighted by molar-refractivity contribution is -0.343. The lowest BCUT2D eigenvalue weighted by Crippen LogP contribution is -2.76. The molecule has 5 fully saturated rings. The van der Waals surface area contributed by atoms with Crippen LogP contribution in [0, 0.1) is 23.7 Å². The van der Waals surface area contributed by atoms with Crippen LogP contribution in [0.1, 0.15) is 40.5 Å². The van der Waals surface area contributed by atoms with Gasteiger partial charge in [0, 0.05) is 13.0 Å². The van der Waals surface area contributed by atoms with E-state index in [9.17, 15) is 24.9 Å². The molecule has 2 spiro atoms. The number of carbonyl (C=O) groups excluding carboxylic acids is 2. The largest absolute Gasteiger partial charge is 0.511 e. The fourth-order valence-electron chi connectivity index (χ4n) is 7.16. The van der Waals surface area contributed by atoms with Crippen LogP contribution < -0.4 is 0 Å². The number of hydrogen-bond donors (Lipinski definition) is 3. The summed E-state index contributed by atoms with van der Waals surface area (Å²) in [6.45, 7) is 6.75. The molecule has 3 aliphatic heterocycles. The summed E-state index contributed by atoms with van der Waals surface area (Å²) in [7, 11) is 1.44. The van der Waals surface area contributed by atoms with Gasteiger partial charge in [0.1, 0.15) is 16.9 Å². The van der Waals surface area contributed by atoms with E-state index in [0.29, 0.717) is 6.42 Å². The van der Waals surface area contributed by atoms with Crippen LogP contribution in [0.15, 0.2) is 11.3 Å². The molecular formula is C21H28O8. The minimum absolute atomic E-state index is 0.0478. The Morgan fingerprint density at radius 1 is 1.17 bits per heavy atom. The summed E-state index contributed by atoms with van der Waals surface area (Å²) < 4.78 is 18.2. The smallest absolute Gasteiger partial charge is 0.341 e. The second-order valence-electron chi connectivity index (χ2n) is 10.1. The van der Waals surface area contributed by atoms with Gasteiger partial charge in [0.2, 0.25) is 0 Å². The van der Waals surface area contributed by atoms with Crippen molar-refractivity contribution in [3.63, 3.8) is 0 Å². The Hall–Kier alpha value is -1.48. The van der Waals surface area contributed by atoms with Gasteiger partial charge in [-0.25, -0.2) is 4.79 Å². The Kier molecular flexibility index (Phi) is 3.51. The van der Waals surface area contributed by atoms with E-state index in [-0.39, 0.29) is 23.7 Å². The Labute approximate surface area is 168 Å². The van der Waals surface area contributed by atoms with E-state index in [0.717, 1.165) is 0 Å². The van der Waals surface area contributed by atoms with Crippen LogP contribution in [-0.2, 0) is 23.8 Å². The van der Waals surface area contributed by atoms with Crippen LogP contribution >= 0.6 is 0 Å². The number of aliphatic hydroxyl groups excluding tert-OH is 2. The van der Waals surface area contributed by atoms with Gasteiger partial charge in [0.25, 0.3) is 0 Å². The number of ether oxygens (including phenoxy) is 3. The standard InChI is InChI=1S/C21H28O8/c1-8-6-18(3,26)15(23)12-14(27-5)11-16(24)19(4)9(2)7-20(11)21(12,29-19)10(13(8)22)17(25)28-20/h8-9,11-12,14,16,22,24,26H,6-7H2,1-5H3/b13-10+/t8-,9+,11-,12-,14-,16-,18-,19-,20-,21-/m0/s1. The Morgan fingerprint density at radius 2 is 1.83 bits per heavy atom. The monoisotopic (exact) mass is 408 g/mol. The molecule has 3 saturated heterocycles. The number of ketones is 1. The van der Waals surface area contributed by atoms with Crippen molar-refractivity contribution in [2.24, 2.45) is 23.7 Å². The molecule has 0 amide bonds. The highest BCUT2D eigenvalue weighted by molar-refractivity contribution is 6.01. The topological polar surface area (TPSA) is 123 Å². The predicted octanol–water partition coefficient (Wildman–Crippen LogP) is 0.643. The summed E-state index contributed by atoms with van der Waals surface area (Å²) in [5, 5.41) is 33.4. The normalized spacial score (nSPS) is 60.7. The van der Waals surface area contributed by atoms with E-state index >= 15 is 0 Å². The van der Waals surface area contributed by atoms with Gasteiger partial charge < -0.3 is 29.5 Å². The van der Waals surface area contributed by atoms with E-state index in [4.69, 9.17) is 14.2 Å². The van der Waals surface area contributed by atoms with Gasteiger partial charge in [-0.05, 0) is 32.6 Å². The zero-order valence-electron chi connectivity index (χ0n) is 17.3. The first kappa shape index (κ1) is 19.5. The van der Waals surface area contributed by atoms with E-state index < -0.39 is 64.1 Å². The molecule has 0 unspecified atom stereocenters. The Balaban J connectivity index is 1.90. The van der Waals surface area contributed by atoms with Gasteiger partial charge in [-0.3, -0.25) is 4.79 Å². The van der Waals surface area contributed by atoms with Gasteiger partial charge in [-0.2, -0.15) is 0 Å². The maximum Gasteiger partial charge on any atom is 0.341 e. The van der Waals surface area contributed by atoms with E-state index in [1.807, 2.05) is 6.92 Å². The summed E-state index contributed by atoms with van der Waals surface area (Å²) in [4.78, 5) is 26.8. The van der Waals surface area contributed by atoms with Gasteiger partial charge in [-0.15, -0.1) is 0 Å². The number of hydrogen-bond acceptors (Lipinski definition) is 8. The van der Waals surface area contributed by atoms with Crippen molar-refractivity contribution in [1.29, 1.82) is 0 Å². The highest BCUT2D eigenvalue weighted by atomic mass is 16.6. The molecule has 6 aliphatic rings. The van der Waals surface area contributed by atoms with E-state index in [2.05, 4.69) is 0 Å². The molecule has 3 aliphatic carbocycles. The van der Waals surface area contributed by atoms with Crippen molar-refractivity contribution in [3.05, 3.63) is 11.3 Å². The molecule has 8 heteroatoms. The van der Waals surface area contributed by atoms with Crippen LogP contribution in [0.3, 0.4) is 0 Å². The van der Waals surface area contributed by atoms with Crippen molar-refractivity contribution in [1.82, 2.24) is 0 Å². The van der Waals surface area contributed by atoms with Crippen molar-refractivity contribution in [2.75, 3.05) is 7.11 Å². The lowest BCUT2D eigenvalue weighted by Gasteiger charge is -2.63. The van der Waals surface area contributed by atoms with E-state index in [1.165, 1.54) is 14.0 Å². The highest BCUT2D eigenvalue weighted by Gasteiger charge is 2.90. The Morgan fingerprint density at radius 3 is 2.45 bits per heavy atom. The Bertz CT molecular complexity index is 863. The molecule has 160 valence electrons. The number of Topliss-reactive ketones (excluding diaryl/α,β-unsaturated/α-hetero) is 1. The minimum Gasteiger partial charge on any atom is -0.511 e. The van der Waals surface area contributed by atoms with Crippen LogP contribution in [-0.4, -0.2) is 68.8 Å². The average molecular weight is 408 g/mol. The average Bonchev–Trinajstić information content (AvgIpc) is 2.96. The van der Waals surface area contributed by atoms with Gasteiger partial charge in [-0.1, -0.05) is 13.8 Å². The van der Waals surface area contributed by atoms with Crippen molar-refractivity contribution in [3.8, 4) is 0 Å². The molecule has 6 rings (SSSR count). The molecule has 2 saturated carbocycles. The number of carbonyl (C=O) groups is 2. The van der Waals surface area contributed by atoms with Gasteiger partial charge in [0.05, 0.1) is 29.6 Å². The highest BCUT2D eigenvalue weighted by Crippen LogP contribution is 2.73. The first-order valence-electron chi connectivity index (χ1n) is 10.2. The molecule has 8 nitrogen and oxygen atoms in total. The third-order valence-electron chi connectivity index (χ3n) is 8.55. The van der Waals surface area contributed by atoms with Crippen LogP contribution in [0.2, 0.25) is 0 Å².